The molecule has 1 aliphatic rings. The lowest BCUT2D eigenvalue weighted by Crippen LogP contribution is -2.30. The van der Waals surface area contributed by atoms with Crippen LogP contribution < -0.4 is 11.3 Å². The van der Waals surface area contributed by atoms with Crippen molar-refractivity contribution >= 4 is 17.1 Å². The molecule has 1 saturated carbocycles. The smallest absolute Gasteiger partial charge is 0.280 e. The van der Waals surface area contributed by atoms with Crippen LogP contribution in [0.15, 0.2) is 11.1 Å². The fourth-order valence-electron chi connectivity index (χ4n) is 2.74. The van der Waals surface area contributed by atoms with Gasteiger partial charge in [-0.1, -0.05) is 0 Å². The summed E-state index contributed by atoms with van der Waals surface area (Å²) in [7, 11) is 0. The number of aliphatic hydroxyl groups excluding tert-OH is 3. The number of anilines is 1. The molecule has 9 nitrogen and oxygen atoms in total. The van der Waals surface area contributed by atoms with Gasteiger partial charge in [-0.05, 0) is 6.42 Å². The molecule has 20 heavy (non-hydrogen) atoms. The zero-order chi connectivity index (χ0) is 14.4. The lowest BCUT2D eigenvalue weighted by Gasteiger charge is -2.18. The van der Waals surface area contributed by atoms with Crippen LogP contribution in [-0.4, -0.2) is 53.7 Å². The molecule has 0 radical (unpaired) electrons. The molecule has 0 spiro atoms. The highest BCUT2D eigenvalue weighted by molar-refractivity contribution is 5.70. The van der Waals surface area contributed by atoms with E-state index in [0.29, 0.717) is 6.42 Å². The average molecular weight is 281 g/mol. The van der Waals surface area contributed by atoms with Crippen molar-refractivity contribution in [2.45, 2.75) is 24.7 Å². The second-order valence-corrected chi connectivity index (χ2v) is 5.00. The van der Waals surface area contributed by atoms with Gasteiger partial charge in [0.25, 0.3) is 5.56 Å². The first-order valence-corrected chi connectivity index (χ1v) is 6.22. The summed E-state index contributed by atoms with van der Waals surface area (Å²) < 4.78 is 1.52. The summed E-state index contributed by atoms with van der Waals surface area (Å²) in [5, 5.41) is 29.1. The minimum Gasteiger partial charge on any atom is -0.396 e. The quantitative estimate of drug-likeness (QED) is 0.426. The summed E-state index contributed by atoms with van der Waals surface area (Å²) in [6.45, 7) is -0.225. The van der Waals surface area contributed by atoms with E-state index in [0.717, 1.165) is 0 Å². The Morgan fingerprint density at radius 2 is 2.20 bits per heavy atom. The number of aromatic nitrogens is 4. The Kier molecular flexibility index (Phi) is 2.96. The third kappa shape index (κ3) is 1.79. The number of aliphatic hydroxyl groups is 3. The summed E-state index contributed by atoms with van der Waals surface area (Å²) in [4.78, 5) is 22.0. The van der Waals surface area contributed by atoms with Gasteiger partial charge in [0.1, 0.15) is 6.10 Å². The molecule has 0 unspecified atom stereocenters. The normalized spacial score (nSPS) is 30.1. The third-order valence-corrected chi connectivity index (χ3v) is 3.81. The molecule has 0 bridgehead atoms. The molecule has 0 saturated heterocycles. The molecule has 2 aromatic rings. The zero-order valence-electron chi connectivity index (χ0n) is 10.5. The zero-order valence-corrected chi connectivity index (χ0v) is 10.5. The van der Waals surface area contributed by atoms with Gasteiger partial charge in [0, 0.05) is 12.5 Å². The van der Waals surface area contributed by atoms with E-state index in [-0.39, 0.29) is 23.7 Å². The summed E-state index contributed by atoms with van der Waals surface area (Å²) in [6, 6.07) is -0.513. The van der Waals surface area contributed by atoms with Crippen molar-refractivity contribution in [2.75, 3.05) is 12.3 Å². The van der Waals surface area contributed by atoms with Crippen molar-refractivity contribution < 1.29 is 15.3 Å². The van der Waals surface area contributed by atoms with Crippen LogP contribution in [0.1, 0.15) is 12.5 Å². The lowest BCUT2D eigenvalue weighted by atomic mass is 10.1. The highest BCUT2D eigenvalue weighted by Crippen LogP contribution is 2.36. The van der Waals surface area contributed by atoms with E-state index < -0.39 is 29.7 Å². The number of hydrogen-bond donors (Lipinski definition) is 5. The van der Waals surface area contributed by atoms with Crippen LogP contribution in [0.3, 0.4) is 0 Å². The largest absolute Gasteiger partial charge is 0.396 e. The van der Waals surface area contributed by atoms with Crippen LogP contribution >= 0.6 is 0 Å². The van der Waals surface area contributed by atoms with Gasteiger partial charge in [0.2, 0.25) is 5.95 Å². The van der Waals surface area contributed by atoms with Gasteiger partial charge in [-0.2, -0.15) is 4.98 Å². The minimum absolute atomic E-state index is 0.0454. The number of rotatable bonds is 2. The van der Waals surface area contributed by atoms with Crippen molar-refractivity contribution in [2.24, 2.45) is 5.92 Å². The van der Waals surface area contributed by atoms with Gasteiger partial charge < -0.3 is 25.6 Å². The number of aromatic amines is 1. The predicted octanol–water partition coefficient (Wildman–Crippen LogP) is -2.02. The summed E-state index contributed by atoms with van der Waals surface area (Å²) >= 11 is 0. The van der Waals surface area contributed by atoms with Crippen molar-refractivity contribution in [3.63, 3.8) is 0 Å². The maximum Gasteiger partial charge on any atom is 0.280 e. The molecule has 0 amide bonds. The summed E-state index contributed by atoms with van der Waals surface area (Å²) in [5.41, 5.74) is 5.42. The summed E-state index contributed by atoms with van der Waals surface area (Å²) in [5.74, 6) is -0.470. The van der Waals surface area contributed by atoms with Gasteiger partial charge in [0.15, 0.2) is 11.2 Å². The molecule has 108 valence electrons. The second-order valence-electron chi connectivity index (χ2n) is 5.00. The Hall–Kier alpha value is -1.97. The second kappa shape index (κ2) is 4.54. The molecule has 1 fully saturated rings. The number of H-pyrrole nitrogens is 1. The molecule has 2 aromatic heterocycles. The van der Waals surface area contributed by atoms with E-state index in [1.54, 1.807) is 0 Å². The number of imidazole rings is 1. The van der Waals surface area contributed by atoms with Crippen molar-refractivity contribution in [3.8, 4) is 0 Å². The van der Waals surface area contributed by atoms with Crippen molar-refractivity contribution in [1.29, 1.82) is 0 Å². The van der Waals surface area contributed by atoms with Crippen LogP contribution in [0.5, 0.6) is 0 Å². The predicted molar refractivity (Wildman–Crippen MR) is 68.8 cm³/mol. The Labute approximate surface area is 112 Å². The fraction of sp³-hybridized carbons (Fsp3) is 0.545. The maximum absolute atomic E-state index is 11.7. The first-order valence-electron chi connectivity index (χ1n) is 6.22. The molecule has 9 heteroatoms. The topological polar surface area (TPSA) is 150 Å². The Bertz CT molecular complexity index is 696. The monoisotopic (exact) mass is 281 g/mol. The molecule has 1 aliphatic carbocycles. The first kappa shape index (κ1) is 13.0. The molecule has 2 heterocycles. The fourth-order valence-corrected chi connectivity index (χ4v) is 2.74. The third-order valence-electron chi connectivity index (χ3n) is 3.81. The highest BCUT2D eigenvalue weighted by Gasteiger charge is 2.42. The van der Waals surface area contributed by atoms with E-state index in [4.69, 9.17) is 5.73 Å². The van der Waals surface area contributed by atoms with Gasteiger partial charge in [0.05, 0.1) is 18.5 Å². The van der Waals surface area contributed by atoms with Crippen molar-refractivity contribution in [3.05, 3.63) is 16.7 Å². The molecule has 4 atom stereocenters. The standard InChI is InChI=1S/C11H15N5O4/c12-11-14-9-6(10(20)15-11)13-3-16(9)5-1-4(2-17)7(18)8(5)19/h3-5,7-8,17-19H,1-2H2,(H3,12,14,15,20)/t4-,5-,7+,8+/m1/s1. The Morgan fingerprint density at radius 3 is 2.85 bits per heavy atom. The molecular weight excluding hydrogens is 266 g/mol. The highest BCUT2D eigenvalue weighted by atomic mass is 16.3. The first-order chi connectivity index (χ1) is 9.52. The average Bonchev–Trinajstić information content (AvgIpc) is 2.93. The van der Waals surface area contributed by atoms with Crippen LogP contribution in [-0.2, 0) is 0 Å². The van der Waals surface area contributed by atoms with Crippen LogP contribution in [0.2, 0.25) is 0 Å². The SMILES string of the molecule is Nc1nc2c(ncn2[C@@H]2C[C@H](CO)[C@H](O)[C@H]2O)c(=O)[nH]1. The number of nitrogens with zero attached hydrogens (tertiary/aromatic N) is 3. The number of nitrogens with two attached hydrogens (primary N) is 1. The maximum atomic E-state index is 11.7. The number of nitrogen functional groups attached to an aromatic ring is 1. The van der Waals surface area contributed by atoms with Gasteiger partial charge >= 0.3 is 0 Å². The van der Waals surface area contributed by atoms with E-state index in [1.807, 2.05) is 0 Å². The number of hydrogen-bond acceptors (Lipinski definition) is 7. The van der Waals surface area contributed by atoms with Crippen molar-refractivity contribution in [1.82, 2.24) is 19.5 Å². The molecule has 3 rings (SSSR count). The molecular formula is C11H15N5O4. The molecule has 6 N–H and O–H groups in total. The van der Waals surface area contributed by atoms with E-state index in [9.17, 15) is 20.1 Å². The van der Waals surface area contributed by atoms with Gasteiger partial charge in [-0.3, -0.25) is 9.78 Å². The Morgan fingerprint density at radius 1 is 1.45 bits per heavy atom. The van der Waals surface area contributed by atoms with Crippen LogP contribution in [0, 0.1) is 5.92 Å². The van der Waals surface area contributed by atoms with Gasteiger partial charge in [-0.15, -0.1) is 0 Å². The van der Waals surface area contributed by atoms with E-state index in [2.05, 4.69) is 15.0 Å². The summed E-state index contributed by atoms with van der Waals surface area (Å²) in [6.07, 6.45) is -0.348. The lowest BCUT2D eigenvalue weighted by molar-refractivity contribution is -0.00370. The molecule has 0 aliphatic heterocycles. The number of fused-ring (bicyclic) bond motifs is 1. The number of nitrogens with one attached hydrogen (secondary N) is 1. The van der Waals surface area contributed by atoms with E-state index >= 15 is 0 Å². The van der Waals surface area contributed by atoms with Crippen LogP contribution in [0.4, 0.5) is 5.95 Å². The van der Waals surface area contributed by atoms with E-state index in [1.165, 1.54) is 10.9 Å². The van der Waals surface area contributed by atoms with Gasteiger partial charge in [-0.25, -0.2) is 4.98 Å². The molecule has 0 aromatic carbocycles. The minimum atomic E-state index is -1.06. The van der Waals surface area contributed by atoms with Crippen LogP contribution in [0.25, 0.3) is 11.2 Å². The Balaban J connectivity index is 2.09.